The summed E-state index contributed by atoms with van der Waals surface area (Å²) in [5, 5.41) is 0. The molecule has 0 aromatic rings. The average molecular weight is 192 g/mol. The highest BCUT2D eigenvalue weighted by Crippen LogP contribution is 2.50. The van der Waals surface area contributed by atoms with Crippen LogP contribution in [0.2, 0.25) is 0 Å². The summed E-state index contributed by atoms with van der Waals surface area (Å²) in [7, 11) is 0. The van der Waals surface area contributed by atoms with Crippen LogP contribution >= 0.6 is 12.4 Å². The lowest BCUT2D eigenvalue weighted by Gasteiger charge is -2.36. The molecule has 0 radical (unpaired) electrons. The summed E-state index contributed by atoms with van der Waals surface area (Å²) in [6.07, 6.45) is 5.23. The minimum absolute atomic E-state index is 0. The Morgan fingerprint density at radius 3 is 2.25 bits per heavy atom. The normalized spacial score (nSPS) is 27.8. The number of ether oxygens (including phenoxy) is 1. The van der Waals surface area contributed by atoms with E-state index in [1.54, 1.807) is 0 Å². The van der Waals surface area contributed by atoms with Gasteiger partial charge in [0.2, 0.25) is 0 Å². The molecular formula is C9H18ClNO. The van der Waals surface area contributed by atoms with Crippen LogP contribution < -0.4 is 5.73 Å². The SMILES string of the molecule is Cl.NCC1(C2CC2)CCOCC1. The first kappa shape index (κ1) is 10.3. The molecule has 0 unspecified atom stereocenters. The average Bonchev–Trinajstić information content (AvgIpc) is 2.88. The Kier molecular flexibility index (Phi) is 3.38. The van der Waals surface area contributed by atoms with E-state index < -0.39 is 0 Å². The summed E-state index contributed by atoms with van der Waals surface area (Å²) in [5.74, 6) is 0.941. The van der Waals surface area contributed by atoms with Crippen molar-refractivity contribution in [3.05, 3.63) is 0 Å². The van der Waals surface area contributed by atoms with Gasteiger partial charge >= 0.3 is 0 Å². The lowest BCUT2D eigenvalue weighted by atomic mass is 9.76. The van der Waals surface area contributed by atoms with Gasteiger partial charge in [0.05, 0.1) is 0 Å². The number of hydrogen-bond donors (Lipinski definition) is 1. The molecule has 2 fully saturated rings. The minimum Gasteiger partial charge on any atom is -0.381 e. The van der Waals surface area contributed by atoms with E-state index in [0.717, 1.165) is 25.7 Å². The molecule has 72 valence electrons. The first-order chi connectivity index (χ1) is 5.37. The Hall–Kier alpha value is 0.210. The highest BCUT2D eigenvalue weighted by molar-refractivity contribution is 5.85. The molecule has 0 spiro atoms. The van der Waals surface area contributed by atoms with Crippen LogP contribution in [0.5, 0.6) is 0 Å². The van der Waals surface area contributed by atoms with Crippen LogP contribution in [0.3, 0.4) is 0 Å². The van der Waals surface area contributed by atoms with Gasteiger partial charge in [-0.1, -0.05) is 0 Å². The van der Waals surface area contributed by atoms with Gasteiger partial charge in [-0.05, 0) is 43.6 Å². The van der Waals surface area contributed by atoms with Crippen LogP contribution in [0.25, 0.3) is 0 Å². The lowest BCUT2D eigenvalue weighted by Crippen LogP contribution is -2.38. The zero-order chi connectivity index (χ0) is 7.73. The highest BCUT2D eigenvalue weighted by Gasteiger charge is 2.44. The van der Waals surface area contributed by atoms with Crippen molar-refractivity contribution in [2.45, 2.75) is 25.7 Å². The van der Waals surface area contributed by atoms with Gasteiger partial charge < -0.3 is 10.5 Å². The third kappa shape index (κ3) is 1.76. The van der Waals surface area contributed by atoms with Gasteiger partial charge in [0.1, 0.15) is 0 Å². The van der Waals surface area contributed by atoms with Crippen LogP contribution in [0.4, 0.5) is 0 Å². The van der Waals surface area contributed by atoms with Gasteiger partial charge in [-0.25, -0.2) is 0 Å². The van der Waals surface area contributed by atoms with Gasteiger partial charge in [-0.2, -0.15) is 0 Å². The van der Waals surface area contributed by atoms with Crippen molar-refractivity contribution in [1.29, 1.82) is 0 Å². The topological polar surface area (TPSA) is 35.2 Å². The van der Waals surface area contributed by atoms with Crippen molar-refractivity contribution >= 4 is 12.4 Å². The zero-order valence-corrected chi connectivity index (χ0v) is 8.24. The Morgan fingerprint density at radius 2 is 1.83 bits per heavy atom. The van der Waals surface area contributed by atoms with Crippen molar-refractivity contribution in [3.8, 4) is 0 Å². The molecule has 1 saturated heterocycles. The van der Waals surface area contributed by atoms with Crippen molar-refractivity contribution in [2.24, 2.45) is 17.1 Å². The second kappa shape index (κ2) is 3.95. The first-order valence-electron chi connectivity index (χ1n) is 4.65. The minimum atomic E-state index is 0. The summed E-state index contributed by atoms with van der Waals surface area (Å²) in [6.45, 7) is 2.75. The van der Waals surface area contributed by atoms with Crippen LogP contribution in [-0.2, 0) is 4.74 Å². The van der Waals surface area contributed by atoms with Gasteiger partial charge in [0, 0.05) is 13.2 Å². The molecule has 0 aromatic heterocycles. The number of rotatable bonds is 2. The smallest absolute Gasteiger partial charge is 0.0471 e. The van der Waals surface area contributed by atoms with E-state index >= 15 is 0 Å². The van der Waals surface area contributed by atoms with E-state index in [2.05, 4.69) is 0 Å². The van der Waals surface area contributed by atoms with E-state index in [9.17, 15) is 0 Å². The molecule has 0 amide bonds. The molecule has 1 aliphatic heterocycles. The lowest BCUT2D eigenvalue weighted by molar-refractivity contribution is 0.00748. The molecule has 1 aliphatic carbocycles. The van der Waals surface area contributed by atoms with Gasteiger partial charge in [-0.15, -0.1) is 12.4 Å². The molecule has 2 rings (SSSR count). The maximum absolute atomic E-state index is 5.82. The largest absolute Gasteiger partial charge is 0.381 e. The van der Waals surface area contributed by atoms with Crippen LogP contribution in [0.1, 0.15) is 25.7 Å². The predicted octanol–water partition coefficient (Wildman–Crippen LogP) is 1.57. The summed E-state index contributed by atoms with van der Waals surface area (Å²) in [4.78, 5) is 0. The summed E-state index contributed by atoms with van der Waals surface area (Å²) in [6, 6.07) is 0. The van der Waals surface area contributed by atoms with Crippen molar-refractivity contribution in [2.75, 3.05) is 19.8 Å². The standard InChI is InChI=1S/C9H17NO.ClH/c10-7-9(8-1-2-8)3-5-11-6-4-9;/h8H,1-7,10H2;1H. The highest BCUT2D eigenvalue weighted by atomic mass is 35.5. The van der Waals surface area contributed by atoms with E-state index in [0.29, 0.717) is 5.41 Å². The third-order valence-corrected chi connectivity index (χ3v) is 3.34. The summed E-state index contributed by atoms with van der Waals surface area (Å²) < 4.78 is 5.35. The fourth-order valence-corrected chi connectivity index (χ4v) is 2.25. The Labute approximate surface area is 80.3 Å². The molecule has 1 saturated carbocycles. The molecule has 0 aromatic carbocycles. The molecule has 1 heterocycles. The predicted molar refractivity (Wildman–Crippen MR) is 51.5 cm³/mol. The van der Waals surface area contributed by atoms with Crippen molar-refractivity contribution in [3.63, 3.8) is 0 Å². The molecular weight excluding hydrogens is 174 g/mol. The van der Waals surface area contributed by atoms with Gasteiger partial charge in [-0.3, -0.25) is 0 Å². The number of nitrogens with two attached hydrogens (primary N) is 1. The molecule has 2 aliphatic rings. The molecule has 3 heteroatoms. The Bertz CT molecular complexity index is 141. The van der Waals surface area contributed by atoms with Crippen molar-refractivity contribution < 1.29 is 4.74 Å². The van der Waals surface area contributed by atoms with Crippen molar-refractivity contribution in [1.82, 2.24) is 0 Å². The second-order valence-electron chi connectivity index (χ2n) is 3.95. The Morgan fingerprint density at radius 1 is 1.25 bits per heavy atom. The quantitative estimate of drug-likeness (QED) is 0.720. The maximum atomic E-state index is 5.82. The molecule has 12 heavy (non-hydrogen) atoms. The third-order valence-electron chi connectivity index (χ3n) is 3.34. The number of hydrogen-bond acceptors (Lipinski definition) is 2. The van der Waals surface area contributed by atoms with E-state index in [-0.39, 0.29) is 12.4 Å². The molecule has 0 bridgehead atoms. The zero-order valence-electron chi connectivity index (χ0n) is 7.42. The fraction of sp³-hybridized carbons (Fsp3) is 1.00. The molecule has 2 nitrogen and oxygen atoms in total. The van der Waals surface area contributed by atoms with Crippen LogP contribution in [-0.4, -0.2) is 19.8 Å². The van der Waals surface area contributed by atoms with Gasteiger partial charge in [0.15, 0.2) is 0 Å². The monoisotopic (exact) mass is 191 g/mol. The second-order valence-corrected chi connectivity index (χ2v) is 3.95. The maximum Gasteiger partial charge on any atom is 0.0471 e. The van der Waals surface area contributed by atoms with E-state index in [1.807, 2.05) is 0 Å². The van der Waals surface area contributed by atoms with Crippen LogP contribution in [0.15, 0.2) is 0 Å². The van der Waals surface area contributed by atoms with Crippen LogP contribution in [0, 0.1) is 11.3 Å². The Balaban J connectivity index is 0.000000720. The first-order valence-corrected chi connectivity index (χ1v) is 4.65. The number of halogens is 1. The fourth-order valence-electron chi connectivity index (χ4n) is 2.25. The molecule has 2 N–H and O–H groups in total. The summed E-state index contributed by atoms with van der Waals surface area (Å²) >= 11 is 0. The van der Waals surface area contributed by atoms with E-state index in [1.165, 1.54) is 25.7 Å². The summed E-state index contributed by atoms with van der Waals surface area (Å²) in [5.41, 5.74) is 6.31. The molecule has 0 atom stereocenters. The van der Waals surface area contributed by atoms with E-state index in [4.69, 9.17) is 10.5 Å². The van der Waals surface area contributed by atoms with Gasteiger partial charge in [0.25, 0.3) is 0 Å².